The van der Waals surface area contributed by atoms with Gasteiger partial charge in [-0.3, -0.25) is 14.7 Å². The predicted octanol–water partition coefficient (Wildman–Crippen LogP) is 1.10. The van der Waals surface area contributed by atoms with E-state index in [0.717, 1.165) is 17.1 Å². The SMILES string of the molecule is CN=C(NCCN1C(=O)CNC1=O)NC(C)c1cc(OC)ccc1OC.I. The zero-order valence-electron chi connectivity index (χ0n) is 15.9. The van der Waals surface area contributed by atoms with Crippen LogP contribution >= 0.6 is 24.0 Å². The molecular formula is C17H26IN5O4. The maximum atomic E-state index is 11.6. The highest BCUT2D eigenvalue weighted by Crippen LogP contribution is 2.29. The number of guanidine groups is 1. The fourth-order valence-corrected chi connectivity index (χ4v) is 2.62. The van der Waals surface area contributed by atoms with E-state index < -0.39 is 0 Å². The van der Waals surface area contributed by atoms with Crippen molar-refractivity contribution in [1.82, 2.24) is 20.9 Å². The highest BCUT2D eigenvalue weighted by atomic mass is 127. The number of hydrogen-bond acceptors (Lipinski definition) is 5. The Labute approximate surface area is 175 Å². The number of carbonyl (C=O) groups excluding carboxylic acids is 2. The van der Waals surface area contributed by atoms with Crippen molar-refractivity contribution >= 4 is 41.9 Å². The molecular weight excluding hydrogens is 465 g/mol. The average molecular weight is 491 g/mol. The second-order valence-corrected chi connectivity index (χ2v) is 5.68. The second kappa shape index (κ2) is 10.8. The first-order valence-electron chi connectivity index (χ1n) is 8.27. The molecule has 0 aliphatic carbocycles. The molecule has 1 heterocycles. The highest BCUT2D eigenvalue weighted by Gasteiger charge is 2.27. The quantitative estimate of drug-likeness (QED) is 0.229. The van der Waals surface area contributed by atoms with Crippen molar-refractivity contribution in [2.75, 3.05) is 40.9 Å². The molecule has 10 heteroatoms. The number of methoxy groups -OCH3 is 2. The van der Waals surface area contributed by atoms with Crippen molar-refractivity contribution in [2.24, 2.45) is 4.99 Å². The Balaban J connectivity index is 0.00000364. The van der Waals surface area contributed by atoms with Gasteiger partial charge < -0.3 is 25.4 Å². The summed E-state index contributed by atoms with van der Waals surface area (Å²) in [5.41, 5.74) is 0.920. The van der Waals surface area contributed by atoms with E-state index >= 15 is 0 Å². The number of hydrogen-bond donors (Lipinski definition) is 3. The molecule has 0 bridgehead atoms. The largest absolute Gasteiger partial charge is 0.497 e. The molecule has 0 radical (unpaired) electrons. The van der Waals surface area contributed by atoms with Crippen LogP contribution in [0.3, 0.4) is 0 Å². The lowest BCUT2D eigenvalue weighted by atomic mass is 10.1. The standard InChI is InChI=1S/C17H25N5O4.HI/c1-11(13-9-12(25-3)5-6-14(13)26-4)21-16(18-2)19-7-8-22-15(23)10-20-17(22)24;/h5-6,9,11H,7-8,10H2,1-4H3,(H,20,24)(H2,18,19,21);1H. The maximum Gasteiger partial charge on any atom is 0.324 e. The summed E-state index contributed by atoms with van der Waals surface area (Å²) in [5.74, 6) is 1.79. The van der Waals surface area contributed by atoms with Crippen molar-refractivity contribution in [3.63, 3.8) is 0 Å². The Morgan fingerprint density at radius 1 is 1.33 bits per heavy atom. The van der Waals surface area contributed by atoms with Gasteiger partial charge in [-0.15, -0.1) is 24.0 Å². The lowest BCUT2D eigenvalue weighted by molar-refractivity contribution is -0.124. The number of nitrogens with zero attached hydrogens (tertiary/aromatic N) is 2. The van der Waals surface area contributed by atoms with Gasteiger partial charge in [0.25, 0.3) is 0 Å². The van der Waals surface area contributed by atoms with Crippen molar-refractivity contribution in [2.45, 2.75) is 13.0 Å². The maximum absolute atomic E-state index is 11.6. The number of rotatable bonds is 7. The van der Waals surface area contributed by atoms with E-state index in [1.54, 1.807) is 21.3 Å². The molecule has 0 saturated carbocycles. The third-order valence-electron chi connectivity index (χ3n) is 4.05. The summed E-state index contributed by atoms with van der Waals surface area (Å²) in [6.45, 7) is 2.68. The third kappa shape index (κ3) is 5.88. The van der Waals surface area contributed by atoms with Crippen LogP contribution in [0.25, 0.3) is 0 Å². The summed E-state index contributed by atoms with van der Waals surface area (Å²) in [7, 11) is 4.88. The summed E-state index contributed by atoms with van der Waals surface area (Å²) < 4.78 is 10.7. The molecule has 0 spiro atoms. The van der Waals surface area contributed by atoms with Crippen molar-refractivity contribution in [1.29, 1.82) is 0 Å². The van der Waals surface area contributed by atoms with Crippen LogP contribution in [0.5, 0.6) is 11.5 Å². The van der Waals surface area contributed by atoms with Gasteiger partial charge in [-0.1, -0.05) is 0 Å². The average Bonchev–Trinajstić information content (AvgIpc) is 2.98. The Morgan fingerprint density at radius 3 is 2.63 bits per heavy atom. The monoisotopic (exact) mass is 491 g/mol. The summed E-state index contributed by atoms with van der Waals surface area (Å²) in [6, 6.07) is 5.11. The number of benzene rings is 1. The number of aliphatic imine (C=N–C) groups is 1. The number of amides is 3. The number of imide groups is 1. The van der Waals surface area contributed by atoms with Gasteiger partial charge in [0.15, 0.2) is 5.96 Å². The van der Waals surface area contributed by atoms with Crippen LogP contribution in [0.2, 0.25) is 0 Å². The highest BCUT2D eigenvalue weighted by molar-refractivity contribution is 14.0. The first-order chi connectivity index (χ1) is 12.5. The van der Waals surface area contributed by atoms with Gasteiger partial charge in [-0.05, 0) is 25.1 Å². The summed E-state index contributed by atoms with van der Waals surface area (Å²) in [6.07, 6.45) is 0. The zero-order chi connectivity index (χ0) is 19.1. The van der Waals surface area contributed by atoms with Gasteiger partial charge in [-0.25, -0.2) is 4.79 Å². The van der Waals surface area contributed by atoms with E-state index in [4.69, 9.17) is 9.47 Å². The van der Waals surface area contributed by atoms with Crippen LogP contribution in [-0.4, -0.2) is 63.7 Å². The second-order valence-electron chi connectivity index (χ2n) is 5.68. The minimum Gasteiger partial charge on any atom is -0.497 e. The van der Waals surface area contributed by atoms with Gasteiger partial charge in [0.2, 0.25) is 5.91 Å². The zero-order valence-corrected chi connectivity index (χ0v) is 18.2. The number of nitrogens with one attached hydrogen (secondary N) is 3. The van der Waals surface area contributed by atoms with E-state index in [-0.39, 0.29) is 55.0 Å². The summed E-state index contributed by atoms with van der Waals surface area (Å²) >= 11 is 0. The Bertz CT molecular complexity index is 682. The molecule has 1 aromatic carbocycles. The minimum atomic E-state index is -0.366. The molecule has 1 aromatic rings. The van der Waals surface area contributed by atoms with Gasteiger partial charge in [0.05, 0.1) is 26.8 Å². The smallest absolute Gasteiger partial charge is 0.324 e. The molecule has 27 heavy (non-hydrogen) atoms. The van der Waals surface area contributed by atoms with Crippen LogP contribution in [0.4, 0.5) is 4.79 Å². The van der Waals surface area contributed by atoms with Gasteiger partial charge in [0, 0.05) is 25.7 Å². The van der Waals surface area contributed by atoms with Gasteiger partial charge in [-0.2, -0.15) is 0 Å². The molecule has 9 nitrogen and oxygen atoms in total. The third-order valence-corrected chi connectivity index (χ3v) is 4.05. The van der Waals surface area contributed by atoms with Crippen LogP contribution in [-0.2, 0) is 4.79 Å². The molecule has 3 N–H and O–H groups in total. The van der Waals surface area contributed by atoms with Crippen molar-refractivity contribution < 1.29 is 19.1 Å². The number of carbonyl (C=O) groups is 2. The Kier molecular flexibility index (Phi) is 9.12. The summed E-state index contributed by atoms with van der Waals surface area (Å²) in [5, 5.41) is 8.84. The van der Waals surface area contributed by atoms with E-state index in [1.165, 1.54) is 4.90 Å². The topological polar surface area (TPSA) is 104 Å². The van der Waals surface area contributed by atoms with Crippen LogP contribution < -0.4 is 25.4 Å². The fraction of sp³-hybridized carbons (Fsp3) is 0.471. The number of ether oxygens (including phenoxy) is 2. The van der Waals surface area contributed by atoms with Crippen molar-refractivity contribution in [3.8, 4) is 11.5 Å². The lowest BCUT2D eigenvalue weighted by Crippen LogP contribution is -2.43. The molecule has 2 rings (SSSR count). The van der Waals surface area contributed by atoms with E-state index in [9.17, 15) is 9.59 Å². The molecule has 1 fully saturated rings. The molecule has 1 aliphatic heterocycles. The molecule has 1 atom stereocenters. The molecule has 1 aliphatic rings. The molecule has 1 saturated heterocycles. The van der Waals surface area contributed by atoms with Gasteiger partial charge in [0.1, 0.15) is 11.5 Å². The number of halogens is 1. The van der Waals surface area contributed by atoms with Gasteiger partial charge >= 0.3 is 6.03 Å². The van der Waals surface area contributed by atoms with E-state index in [0.29, 0.717) is 12.5 Å². The fourth-order valence-electron chi connectivity index (χ4n) is 2.62. The molecule has 3 amide bonds. The summed E-state index contributed by atoms with van der Waals surface area (Å²) in [4.78, 5) is 28.4. The predicted molar refractivity (Wildman–Crippen MR) is 113 cm³/mol. The van der Waals surface area contributed by atoms with E-state index in [2.05, 4.69) is 20.9 Å². The molecule has 150 valence electrons. The van der Waals surface area contributed by atoms with Crippen LogP contribution in [0.15, 0.2) is 23.2 Å². The molecule has 0 aromatic heterocycles. The first kappa shape index (κ1) is 22.8. The first-order valence-corrected chi connectivity index (χ1v) is 8.27. The minimum absolute atomic E-state index is 0. The molecule has 1 unspecified atom stereocenters. The van der Waals surface area contributed by atoms with E-state index in [1.807, 2.05) is 25.1 Å². The Hall–Kier alpha value is -2.24. The van der Waals surface area contributed by atoms with Crippen LogP contribution in [0, 0.1) is 0 Å². The Morgan fingerprint density at radius 2 is 2.07 bits per heavy atom. The lowest BCUT2D eigenvalue weighted by Gasteiger charge is -2.21. The number of urea groups is 1. The van der Waals surface area contributed by atoms with Crippen LogP contribution in [0.1, 0.15) is 18.5 Å². The van der Waals surface area contributed by atoms with Crippen molar-refractivity contribution in [3.05, 3.63) is 23.8 Å². The normalized spacial score (nSPS) is 15.0.